The first kappa shape index (κ1) is 30.7. The van der Waals surface area contributed by atoms with Crippen LogP contribution in [-0.4, -0.2) is 33.6 Å². The first-order chi connectivity index (χ1) is 21.1. The largest absolute Gasteiger partial charge is 0.344 e. The van der Waals surface area contributed by atoms with Gasteiger partial charge in [-0.2, -0.15) is 0 Å². The van der Waals surface area contributed by atoms with Gasteiger partial charge in [-0.05, 0) is 42.5 Å². The first-order valence-electron chi connectivity index (χ1n) is 12.7. The van der Waals surface area contributed by atoms with Crippen LogP contribution in [0, 0.1) is 0 Å². The van der Waals surface area contributed by atoms with Crippen LogP contribution in [0.2, 0.25) is 20.1 Å². The molecule has 0 fully saturated rings. The molecule has 0 spiro atoms. The van der Waals surface area contributed by atoms with Crippen LogP contribution in [0.25, 0.3) is 0 Å². The van der Waals surface area contributed by atoms with Crippen molar-refractivity contribution in [1.82, 2.24) is 9.97 Å². The Balaban J connectivity index is 1.27. The van der Waals surface area contributed by atoms with E-state index in [4.69, 9.17) is 46.4 Å². The van der Waals surface area contributed by atoms with E-state index in [0.717, 1.165) is 0 Å². The van der Waals surface area contributed by atoms with Gasteiger partial charge in [0.05, 0.1) is 20.1 Å². The minimum absolute atomic E-state index is 0.0926. The average molecular weight is 670 g/mol. The molecular formula is C30H20Cl4N6O4. The summed E-state index contributed by atoms with van der Waals surface area (Å²) < 4.78 is 0. The van der Waals surface area contributed by atoms with Gasteiger partial charge in [0.15, 0.2) is 0 Å². The highest BCUT2D eigenvalue weighted by molar-refractivity contribution is 6.47. The average Bonchev–Trinajstić information content (AvgIpc) is 3.48. The number of halogens is 4. The second-order valence-electron chi connectivity index (χ2n) is 9.14. The summed E-state index contributed by atoms with van der Waals surface area (Å²) in [6, 6.07) is 23.5. The number of para-hydroxylation sites is 2. The molecule has 0 atom stereocenters. The molecular weight excluding hydrogens is 650 g/mol. The molecule has 0 saturated carbocycles. The molecule has 0 unspecified atom stereocenters. The summed E-state index contributed by atoms with van der Waals surface area (Å²) in [7, 11) is 0. The summed E-state index contributed by atoms with van der Waals surface area (Å²) in [5, 5.41) is 10.1. The predicted molar refractivity (Wildman–Crippen MR) is 173 cm³/mol. The molecule has 2 aromatic heterocycles. The first-order valence-corrected chi connectivity index (χ1v) is 14.2. The van der Waals surface area contributed by atoms with Crippen molar-refractivity contribution in [3.63, 3.8) is 0 Å². The molecule has 0 aliphatic heterocycles. The number of carbonyl (C=O) groups excluding carboxylic acids is 4. The number of nitrogens with one attached hydrogen (secondary N) is 6. The standard InChI is InChI=1S/C30H20Cl4N6O4/c31-19-21(33)25(39-23(19)27(41)35-15-8-3-1-4-9-15)29(43)37-17-12-7-13-18(14-17)38-30(44)26-22(34)20(32)24(40-26)28(42)36-16-10-5-2-6-11-16/h1-14,39-40H,(H,35,41)(H,36,42)(H,37,43)(H,38,44). The molecule has 0 radical (unpaired) electrons. The minimum Gasteiger partial charge on any atom is -0.344 e. The van der Waals surface area contributed by atoms with E-state index >= 15 is 0 Å². The van der Waals surface area contributed by atoms with E-state index in [9.17, 15) is 19.2 Å². The lowest BCUT2D eigenvalue weighted by Gasteiger charge is -2.09. The van der Waals surface area contributed by atoms with Crippen molar-refractivity contribution in [1.29, 1.82) is 0 Å². The second kappa shape index (κ2) is 13.3. The van der Waals surface area contributed by atoms with Crippen LogP contribution in [0.1, 0.15) is 42.0 Å². The summed E-state index contributed by atoms with van der Waals surface area (Å²) in [6.45, 7) is 0. The van der Waals surface area contributed by atoms with Crippen LogP contribution in [0.3, 0.4) is 0 Å². The minimum atomic E-state index is -0.688. The van der Waals surface area contributed by atoms with E-state index < -0.39 is 23.6 Å². The lowest BCUT2D eigenvalue weighted by molar-refractivity contribution is 0.100. The van der Waals surface area contributed by atoms with Gasteiger partial charge in [0, 0.05) is 22.7 Å². The monoisotopic (exact) mass is 668 g/mol. The number of benzene rings is 3. The molecule has 4 amide bonds. The molecule has 0 aliphatic carbocycles. The number of amides is 4. The summed E-state index contributed by atoms with van der Waals surface area (Å²) in [4.78, 5) is 56.8. The van der Waals surface area contributed by atoms with Gasteiger partial charge in [0.2, 0.25) is 0 Å². The molecule has 6 N–H and O–H groups in total. The second-order valence-corrected chi connectivity index (χ2v) is 10.6. The quantitative estimate of drug-likeness (QED) is 0.0994. The Labute approximate surface area is 270 Å². The zero-order valence-electron chi connectivity index (χ0n) is 22.2. The van der Waals surface area contributed by atoms with Crippen LogP contribution in [0.15, 0.2) is 84.9 Å². The van der Waals surface area contributed by atoms with Crippen molar-refractivity contribution >= 4 is 92.8 Å². The zero-order valence-corrected chi connectivity index (χ0v) is 25.3. The number of anilines is 4. The van der Waals surface area contributed by atoms with Crippen molar-refractivity contribution in [2.75, 3.05) is 21.3 Å². The van der Waals surface area contributed by atoms with E-state index in [-0.39, 0.29) is 54.2 Å². The number of hydrogen-bond acceptors (Lipinski definition) is 4. The highest BCUT2D eigenvalue weighted by Gasteiger charge is 2.26. The SMILES string of the molecule is O=C(Nc1ccccc1)c1[nH]c(C(=O)Nc2cccc(NC(=O)c3[nH]c(C(=O)Nc4ccccc4)c(Cl)c3Cl)c2)c(Cl)c1Cl. The number of aromatic nitrogens is 2. The molecule has 3 aromatic carbocycles. The van der Waals surface area contributed by atoms with E-state index in [2.05, 4.69) is 31.2 Å². The van der Waals surface area contributed by atoms with Crippen molar-refractivity contribution in [3.05, 3.63) is 128 Å². The fourth-order valence-corrected chi connectivity index (χ4v) is 4.94. The molecule has 5 aromatic rings. The van der Waals surface area contributed by atoms with Gasteiger partial charge in [0.1, 0.15) is 22.8 Å². The number of hydrogen-bond donors (Lipinski definition) is 6. The Morgan fingerprint density at radius 2 is 0.682 bits per heavy atom. The highest BCUT2D eigenvalue weighted by Crippen LogP contribution is 2.32. The maximum atomic E-state index is 13.0. The maximum absolute atomic E-state index is 13.0. The lowest BCUT2D eigenvalue weighted by Crippen LogP contribution is -2.16. The van der Waals surface area contributed by atoms with Crippen molar-refractivity contribution in [2.45, 2.75) is 0 Å². The van der Waals surface area contributed by atoms with Crippen molar-refractivity contribution < 1.29 is 19.2 Å². The van der Waals surface area contributed by atoms with E-state index in [1.165, 1.54) is 6.07 Å². The Morgan fingerprint density at radius 1 is 0.409 bits per heavy atom. The molecule has 222 valence electrons. The van der Waals surface area contributed by atoms with Crippen LogP contribution < -0.4 is 21.3 Å². The van der Waals surface area contributed by atoms with Crippen molar-refractivity contribution in [2.24, 2.45) is 0 Å². The van der Waals surface area contributed by atoms with E-state index in [0.29, 0.717) is 11.4 Å². The van der Waals surface area contributed by atoms with Gasteiger partial charge in [0.25, 0.3) is 23.6 Å². The van der Waals surface area contributed by atoms with E-state index in [1.807, 2.05) is 0 Å². The highest BCUT2D eigenvalue weighted by atomic mass is 35.5. The van der Waals surface area contributed by atoms with Gasteiger partial charge in [-0.3, -0.25) is 19.2 Å². The zero-order chi connectivity index (χ0) is 31.4. The topological polar surface area (TPSA) is 148 Å². The number of aromatic amines is 2. The number of carbonyl (C=O) groups is 4. The Bertz CT molecular complexity index is 1760. The molecule has 2 heterocycles. The smallest absolute Gasteiger partial charge is 0.273 e. The van der Waals surface area contributed by atoms with Crippen LogP contribution >= 0.6 is 46.4 Å². The van der Waals surface area contributed by atoms with Crippen LogP contribution in [0.5, 0.6) is 0 Å². The van der Waals surface area contributed by atoms with Gasteiger partial charge >= 0.3 is 0 Å². The molecule has 10 nitrogen and oxygen atoms in total. The molecule has 5 rings (SSSR count). The Kier molecular flexibility index (Phi) is 9.26. The van der Waals surface area contributed by atoms with Gasteiger partial charge in [-0.1, -0.05) is 88.9 Å². The third kappa shape index (κ3) is 6.74. The third-order valence-corrected chi connectivity index (χ3v) is 7.82. The normalized spacial score (nSPS) is 10.6. The molecule has 0 bridgehead atoms. The number of rotatable bonds is 8. The third-order valence-electron chi connectivity index (χ3n) is 6.11. The summed E-state index contributed by atoms with van der Waals surface area (Å²) in [5.41, 5.74) is 1.15. The van der Waals surface area contributed by atoms with Gasteiger partial charge in [-0.25, -0.2) is 0 Å². The Hall–Kier alpha value is -4.74. The fraction of sp³-hybridized carbons (Fsp3) is 0. The predicted octanol–water partition coefficient (Wildman–Crippen LogP) is 7.97. The van der Waals surface area contributed by atoms with Crippen LogP contribution in [-0.2, 0) is 0 Å². The number of H-pyrrole nitrogens is 2. The summed E-state index contributed by atoms with van der Waals surface area (Å²) in [5.74, 6) is -2.55. The van der Waals surface area contributed by atoms with E-state index in [1.54, 1.807) is 78.9 Å². The van der Waals surface area contributed by atoms with Crippen molar-refractivity contribution in [3.8, 4) is 0 Å². The lowest BCUT2D eigenvalue weighted by atomic mass is 10.2. The summed E-state index contributed by atoms with van der Waals surface area (Å²) >= 11 is 25.0. The Morgan fingerprint density at radius 3 is 1.00 bits per heavy atom. The van der Waals surface area contributed by atoms with Gasteiger partial charge < -0.3 is 31.2 Å². The maximum Gasteiger partial charge on any atom is 0.273 e. The summed E-state index contributed by atoms with van der Waals surface area (Å²) in [6.07, 6.45) is 0. The molecule has 0 saturated heterocycles. The van der Waals surface area contributed by atoms with Crippen LogP contribution in [0.4, 0.5) is 22.7 Å². The fourth-order valence-electron chi connectivity index (χ4n) is 4.03. The molecule has 0 aliphatic rings. The molecule has 14 heteroatoms. The molecule has 44 heavy (non-hydrogen) atoms. The van der Waals surface area contributed by atoms with Gasteiger partial charge in [-0.15, -0.1) is 0 Å².